The van der Waals surface area contributed by atoms with Crippen molar-refractivity contribution in [1.29, 1.82) is 0 Å². The lowest BCUT2D eigenvalue weighted by molar-refractivity contribution is 0.396. The molecule has 2 aliphatic rings. The third-order valence-corrected chi connectivity index (χ3v) is 12.9. The van der Waals surface area contributed by atoms with Gasteiger partial charge < -0.3 is 19.1 Å². The van der Waals surface area contributed by atoms with Crippen LogP contribution in [0.3, 0.4) is 0 Å². The molecule has 0 radical (unpaired) electrons. The molecule has 58 heavy (non-hydrogen) atoms. The normalized spacial score (nSPS) is 16.5. The summed E-state index contributed by atoms with van der Waals surface area (Å²) < 4.78 is 15.8. The molecule has 1 aliphatic carbocycles. The number of rotatable bonds is 6. The Labute approximate surface area is 338 Å². The van der Waals surface area contributed by atoms with Crippen LogP contribution >= 0.6 is 11.3 Å². The van der Waals surface area contributed by atoms with Crippen molar-refractivity contribution >= 4 is 98.6 Å². The zero-order chi connectivity index (χ0) is 38.2. The quantitative estimate of drug-likeness (QED) is 0.183. The van der Waals surface area contributed by atoms with Crippen molar-refractivity contribution in [2.45, 2.75) is 12.5 Å². The Balaban J connectivity index is 1.02. The molecule has 0 amide bonds. The molecular weight excluding hydrogens is 731 g/mol. The monoisotopic (exact) mass is 765 g/mol. The van der Waals surface area contributed by atoms with Gasteiger partial charge in [-0.2, -0.15) is 0 Å². The van der Waals surface area contributed by atoms with E-state index < -0.39 is 0 Å². The summed E-state index contributed by atoms with van der Waals surface area (Å²) in [5.74, 6) is 1.84. The van der Waals surface area contributed by atoms with Crippen LogP contribution in [0, 0.1) is 5.92 Å². The summed E-state index contributed by atoms with van der Waals surface area (Å²) in [6.07, 6.45) is 7.60. The maximum absolute atomic E-state index is 6.65. The molecule has 0 saturated heterocycles. The molecule has 0 bridgehead atoms. The maximum Gasteiger partial charge on any atom is 0.153 e. The summed E-state index contributed by atoms with van der Waals surface area (Å²) in [5, 5.41) is 9.53. The second kappa shape index (κ2) is 13.2. The Bertz CT molecular complexity index is 3310. The van der Waals surface area contributed by atoms with Gasteiger partial charge in [0.1, 0.15) is 28.3 Å². The van der Waals surface area contributed by atoms with Crippen LogP contribution < -0.4 is 10.2 Å². The Kier molecular flexibility index (Phi) is 7.53. The molecule has 1 N–H and O–H groups in total. The largest absolute Gasteiger partial charge is 0.456 e. The first kappa shape index (κ1) is 33.0. The van der Waals surface area contributed by atoms with Crippen molar-refractivity contribution in [3.8, 4) is 0 Å². The third kappa shape index (κ3) is 5.26. The fourth-order valence-corrected chi connectivity index (χ4v) is 10.2. The van der Waals surface area contributed by atoms with Gasteiger partial charge in [0.15, 0.2) is 5.76 Å². The van der Waals surface area contributed by atoms with Crippen LogP contribution in [0.15, 0.2) is 196 Å². The van der Waals surface area contributed by atoms with Gasteiger partial charge in [-0.1, -0.05) is 115 Å². The molecule has 0 fully saturated rings. The number of furan rings is 2. The summed E-state index contributed by atoms with van der Waals surface area (Å²) in [6.45, 7) is 0. The third-order valence-electron chi connectivity index (χ3n) is 11.7. The summed E-state index contributed by atoms with van der Waals surface area (Å²) >= 11 is 1.84. The number of aliphatic imine (C=N–C) groups is 1. The molecule has 6 heteroatoms. The summed E-state index contributed by atoms with van der Waals surface area (Å²) in [4.78, 5) is 7.73. The Hall–Kier alpha value is -7.15. The van der Waals surface area contributed by atoms with E-state index in [1.807, 2.05) is 23.5 Å². The van der Waals surface area contributed by atoms with Crippen molar-refractivity contribution in [1.82, 2.24) is 5.32 Å². The number of hydrogen-bond acceptors (Lipinski definition) is 6. The van der Waals surface area contributed by atoms with Gasteiger partial charge in [0, 0.05) is 43.4 Å². The smallest absolute Gasteiger partial charge is 0.153 e. The van der Waals surface area contributed by atoms with Gasteiger partial charge in [0.2, 0.25) is 0 Å². The Morgan fingerprint density at radius 1 is 0.603 bits per heavy atom. The number of hydrogen-bond donors (Lipinski definition) is 1. The zero-order valence-electron chi connectivity index (χ0n) is 31.3. The van der Waals surface area contributed by atoms with E-state index in [4.69, 9.17) is 13.8 Å². The number of fused-ring (bicyclic) bond motifs is 9. The van der Waals surface area contributed by atoms with Crippen LogP contribution in [0.2, 0.25) is 0 Å². The number of benzene rings is 7. The average Bonchev–Trinajstić information content (AvgIpc) is 3.99. The number of para-hydroxylation sites is 2. The summed E-state index contributed by atoms with van der Waals surface area (Å²) in [5.41, 5.74) is 10.2. The van der Waals surface area contributed by atoms with Crippen molar-refractivity contribution < 1.29 is 8.83 Å². The van der Waals surface area contributed by atoms with Crippen LogP contribution in [0.5, 0.6) is 0 Å². The van der Waals surface area contributed by atoms with Crippen LogP contribution in [-0.2, 0) is 0 Å². The molecule has 5 nitrogen and oxygen atoms in total. The summed E-state index contributed by atoms with van der Waals surface area (Å²) in [7, 11) is 0. The molecule has 7 aromatic carbocycles. The van der Waals surface area contributed by atoms with E-state index in [1.54, 1.807) is 0 Å². The van der Waals surface area contributed by atoms with Crippen LogP contribution in [0.4, 0.5) is 22.7 Å². The van der Waals surface area contributed by atoms with Gasteiger partial charge >= 0.3 is 0 Å². The fraction of sp³-hybridized carbons (Fsp3) is 0.0577. The molecule has 10 aromatic rings. The number of anilines is 3. The first-order valence-electron chi connectivity index (χ1n) is 19.8. The molecule has 2 unspecified atom stereocenters. The topological polar surface area (TPSA) is 53.9 Å². The van der Waals surface area contributed by atoms with Gasteiger partial charge in [-0.25, -0.2) is 4.99 Å². The predicted molar refractivity (Wildman–Crippen MR) is 241 cm³/mol. The van der Waals surface area contributed by atoms with Crippen LogP contribution in [0.1, 0.15) is 29.3 Å². The standard InChI is InChI=1S/C52H35N3O2S/c1-3-14-32(15-4-1)33-16-11-17-34(30-33)48-50-49(39-21-7-9-25-43(39)57-50)54-52(53-48)35-28-29-44-40(31-35)47-41(23-13-26-45(47)56-44)55(36-18-5-2-6-19-36)42-24-12-22-38-37-20-8-10-27-46(37)58-51(38)42/h1-29,31,34,48H,30H2,(H,53,54). The average molecular weight is 766 g/mol. The van der Waals surface area contributed by atoms with Crippen molar-refractivity contribution in [3.63, 3.8) is 0 Å². The van der Waals surface area contributed by atoms with E-state index >= 15 is 0 Å². The van der Waals surface area contributed by atoms with E-state index in [2.05, 4.69) is 180 Å². The molecule has 1 aliphatic heterocycles. The van der Waals surface area contributed by atoms with Gasteiger partial charge in [-0.05, 0) is 84.3 Å². The van der Waals surface area contributed by atoms with E-state index in [-0.39, 0.29) is 12.0 Å². The Morgan fingerprint density at radius 3 is 2.22 bits per heavy atom. The van der Waals surface area contributed by atoms with Gasteiger partial charge in [-0.15, -0.1) is 11.3 Å². The van der Waals surface area contributed by atoms with E-state index in [9.17, 15) is 0 Å². The minimum absolute atomic E-state index is 0.124. The molecule has 2 atom stereocenters. The van der Waals surface area contributed by atoms with Crippen molar-refractivity contribution in [2.75, 3.05) is 4.90 Å². The minimum atomic E-state index is -0.124. The van der Waals surface area contributed by atoms with E-state index in [0.717, 1.165) is 79.2 Å². The maximum atomic E-state index is 6.65. The molecular formula is C52H35N3O2S. The lowest BCUT2D eigenvalue weighted by Gasteiger charge is -2.31. The van der Waals surface area contributed by atoms with Gasteiger partial charge in [0.25, 0.3) is 0 Å². The van der Waals surface area contributed by atoms with E-state index in [0.29, 0.717) is 0 Å². The molecule has 3 aromatic heterocycles. The highest BCUT2D eigenvalue weighted by atomic mass is 32.1. The summed E-state index contributed by atoms with van der Waals surface area (Å²) in [6, 6.07) is 57.6. The fourth-order valence-electron chi connectivity index (χ4n) is 9.02. The highest BCUT2D eigenvalue weighted by Gasteiger charge is 2.35. The predicted octanol–water partition coefficient (Wildman–Crippen LogP) is 14.6. The second-order valence-corrected chi connectivity index (χ2v) is 16.1. The molecule has 0 saturated carbocycles. The SMILES string of the molecule is C1=CC(C2NC(c3ccc4oc5cccc(N(c6ccccc6)c6cccc7c6sc6ccccc67)c5c4c3)=Nc3c2oc2ccccc32)CC(c2ccccc2)=C1. The van der Waals surface area contributed by atoms with Gasteiger partial charge in [-0.3, -0.25) is 0 Å². The first-order chi connectivity index (χ1) is 28.7. The highest BCUT2D eigenvalue weighted by molar-refractivity contribution is 7.26. The Morgan fingerprint density at radius 2 is 1.33 bits per heavy atom. The van der Waals surface area contributed by atoms with Crippen LogP contribution in [0.25, 0.3) is 58.7 Å². The second-order valence-electron chi connectivity index (χ2n) is 15.1. The first-order valence-corrected chi connectivity index (χ1v) is 20.6. The lowest BCUT2D eigenvalue weighted by atomic mass is 9.83. The molecule has 12 rings (SSSR count). The molecule has 4 heterocycles. The van der Waals surface area contributed by atoms with E-state index in [1.165, 1.54) is 31.3 Å². The number of thiophene rings is 1. The number of amidine groups is 1. The van der Waals surface area contributed by atoms with Crippen LogP contribution in [-0.4, -0.2) is 5.84 Å². The lowest BCUT2D eigenvalue weighted by Crippen LogP contribution is -2.36. The van der Waals surface area contributed by atoms with Crippen molar-refractivity contribution in [2.24, 2.45) is 10.9 Å². The minimum Gasteiger partial charge on any atom is -0.456 e. The number of nitrogens with zero attached hydrogens (tertiary/aromatic N) is 2. The number of nitrogens with one attached hydrogen (secondary N) is 1. The zero-order valence-corrected chi connectivity index (χ0v) is 32.1. The van der Waals surface area contributed by atoms with Crippen molar-refractivity contribution in [3.05, 3.63) is 199 Å². The molecule has 0 spiro atoms. The highest BCUT2D eigenvalue weighted by Crippen LogP contribution is 2.49. The van der Waals surface area contributed by atoms with Gasteiger partial charge in [0.05, 0.1) is 27.5 Å². The molecule has 276 valence electrons. The number of allylic oxidation sites excluding steroid dienone is 3.